The molecule has 1 saturated heterocycles. The smallest absolute Gasteiger partial charge is 0.417 e. The van der Waals surface area contributed by atoms with Gasteiger partial charge in [0.1, 0.15) is 5.82 Å². The molecule has 0 spiro atoms. The van der Waals surface area contributed by atoms with Crippen molar-refractivity contribution in [3.63, 3.8) is 0 Å². The summed E-state index contributed by atoms with van der Waals surface area (Å²) in [5, 5.41) is 2.58. The molecule has 12 heteroatoms. The van der Waals surface area contributed by atoms with E-state index in [1.165, 1.54) is 32.4 Å². The van der Waals surface area contributed by atoms with Crippen LogP contribution in [0.5, 0.6) is 0 Å². The first kappa shape index (κ1) is 25.3. The monoisotopic (exact) mass is 499 g/mol. The van der Waals surface area contributed by atoms with E-state index >= 15 is 0 Å². The summed E-state index contributed by atoms with van der Waals surface area (Å²) >= 11 is 6.02. The number of methoxy groups -OCH3 is 2. The van der Waals surface area contributed by atoms with Crippen molar-refractivity contribution in [2.24, 2.45) is 5.92 Å². The van der Waals surface area contributed by atoms with E-state index < -0.39 is 29.6 Å². The van der Waals surface area contributed by atoms with Gasteiger partial charge in [0.15, 0.2) is 0 Å². The zero-order chi connectivity index (χ0) is 25.0. The molecule has 0 aliphatic carbocycles. The third-order valence-electron chi connectivity index (χ3n) is 5.36. The van der Waals surface area contributed by atoms with Gasteiger partial charge in [-0.2, -0.15) is 13.2 Å². The Hall–Kier alpha value is -3.34. The van der Waals surface area contributed by atoms with Crippen molar-refractivity contribution >= 4 is 41.0 Å². The molecule has 34 heavy (non-hydrogen) atoms. The Morgan fingerprint density at radius 1 is 1.03 bits per heavy atom. The first-order chi connectivity index (χ1) is 16.0. The number of piperidine rings is 1. The number of amides is 1. The fourth-order valence-electron chi connectivity index (χ4n) is 3.59. The highest BCUT2D eigenvalue weighted by atomic mass is 35.5. The second-order valence-electron chi connectivity index (χ2n) is 7.56. The molecule has 1 aliphatic heterocycles. The number of esters is 2. The molecule has 0 bridgehead atoms. The van der Waals surface area contributed by atoms with Crippen molar-refractivity contribution in [1.82, 2.24) is 4.98 Å². The summed E-state index contributed by atoms with van der Waals surface area (Å²) in [5.74, 6) is -1.88. The molecule has 0 atom stereocenters. The molecule has 1 fully saturated rings. The predicted molar refractivity (Wildman–Crippen MR) is 117 cm³/mol. The zero-order valence-corrected chi connectivity index (χ0v) is 19.0. The van der Waals surface area contributed by atoms with Crippen molar-refractivity contribution in [1.29, 1.82) is 0 Å². The van der Waals surface area contributed by atoms with E-state index in [0.29, 0.717) is 25.9 Å². The Kier molecular flexibility index (Phi) is 7.65. The average molecular weight is 500 g/mol. The number of rotatable bonds is 5. The maximum Gasteiger partial charge on any atom is 0.417 e. The van der Waals surface area contributed by atoms with Gasteiger partial charge >= 0.3 is 18.1 Å². The van der Waals surface area contributed by atoms with Gasteiger partial charge < -0.3 is 19.7 Å². The molecule has 182 valence electrons. The Bertz CT molecular complexity index is 1070. The van der Waals surface area contributed by atoms with Crippen LogP contribution in [0.15, 0.2) is 30.5 Å². The van der Waals surface area contributed by atoms with Crippen LogP contribution in [-0.4, -0.2) is 50.1 Å². The molecule has 0 unspecified atom stereocenters. The Balaban J connectivity index is 1.68. The van der Waals surface area contributed by atoms with Gasteiger partial charge in [-0.15, -0.1) is 0 Å². The fraction of sp³-hybridized carbons (Fsp3) is 0.364. The highest BCUT2D eigenvalue weighted by Crippen LogP contribution is 2.34. The number of hydrogen-bond donors (Lipinski definition) is 1. The van der Waals surface area contributed by atoms with Crippen LogP contribution in [0.2, 0.25) is 5.02 Å². The molecule has 8 nitrogen and oxygen atoms in total. The van der Waals surface area contributed by atoms with Crippen molar-refractivity contribution < 1.29 is 37.0 Å². The van der Waals surface area contributed by atoms with E-state index in [0.717, 1.165) is 12.3 Å². The van der Waals surface area contributed by atoms with Crippen molar-refractivity contribution in [2.75, 3.05) is 37.5 Å². The lowest BCUT2D eigenvalue weighted by molar-refractivity contribution is -0.137. The normalized spacial score (nSPS) is 14.5. The quantitative estimate of drug-likeness (QED) is 0.616. The molecule has 1 amide bonds. The predicted octanol–water partition coefficient (Wildman–Crippen LogP) is 4.18. The summed E-state index contributed by atoms with van der Waals surface area (Å²) in [4.78, 5) is 42.2. The van der Waals surface area contributed by atoms with Gasteiger partial charge in [-0.1, -0.05) is 11.6 Å². The number of pyridine rings is 1. The van der Waals surface area contributed by atoms with Crippen LogP contribution in [0.4, 0.5) is 24.7 Å². The number of carbonyl (C=O) groups is 3. The third kappa shape index (κ3) is 5.77. The Morgan fingerprint density at radius 3 is 2.06 bits per heavy atom. The summed E-state index contributed by atoms with van der Waals surface area (Å²) < 4.78 is 47.9. The maximum absolute atomic E-state index is 12.8. The minimum Gasteiger partial charge on any atom is -0.465 e. The molecule has 3 rings (SSSR count). The molecule has 0 saturated carbocycles. The number of hydrogen-bond acceptors (Lipinski definition) is 7. The van der Waals surface area contributed by atoms with Crippen molar-refractivity contribution in [3.8, 4) is 0 Å². The number of halogens is 4. The number of carbonyl (C=O) groups excluding carboxylic acids is 3. The van der Waals surface area contributed by atoms with Crippen LogP contribution in [0, 0.1) is 5.92 Å². The number of nitrogens with one attached hydrogen (secondary N) is 1. The average Bonchev–Trinajstić information content (AvgIpc) is 2.82. The Labute approximate surface area is 198 Å². The lowest BCUT2D eigenvalue weighted by Gasteiger charge is -2.32. The summed E-state index contributed by atoms with van der Waals surface area (Å²) in [7, 11) is 2.38. The maximum atomic E-state index is 12.8. The molecular weight excluding hydrogens is 479 g/mol. The molecule has 1 aliphatic rings. The number of aromatic nitrogens is 1. The van der Waals surface area contributed by atoms with E-state index in [9.17, 15) is 27.6 Å². The lowest BCUT2D eigenvalue weighted by atomic mass is 9.95. The first-order valence-corrected chi connectivity index (χ1v) is 10.5. The molecule has 2 heterocycles. The number of nitrogens with zero attached hydrogens (tertiary/aromatic N) is 2. The van der Waals surface area contributed by atoms with E-state index in [1.54, 1.807) is 4.90 Å². The highest BCUT2D eigenvalue weighted by molar-refractivity contribution is 6.33. The number of ether oxygens (including phenoxy) is 2. The lowest BCUT2D eigenvalue weighted by Crippen LogP contribution is -2.38. The summed E-state index contributed by atoms with van der Waals surface area (Å²) in [6, 6.07) is 4.90. The molecule has 1 aromatic carbocycles. The van der Waals surface area contributed by atoms with Crippen molar-refractivity contribution in [2.45, 2.75) is 19.0 Å². The third-order valence-corrected chi connectivity index (χ3v) is 5.64. The SMILES string of the molecule is COC(=O)c1cc(NC(=O)C2CCN(c3ncc(C(F)(F)F)cc3Cl)CC2)cc(C(=O)OC)c1. The largest absolute Gasteiger partial charge is 0.465 e. The van der Waals surface area contributed by atoms with Crippen LogP contribution in [-0.2, 0) is 20.4 Å². The van der Waals surface area contributed by atoms with Crippen LogP contribution in [0.1, 0.15) is 39.1 Å². The summed E-state index contributed by atoms with van der Waals surface area (Å²) in [6.45, 7) is 0.706. The second-order valence-corrected chi connectivity index (χ2v) is 7.97. The Morgan fingerprint density at radius 2 is 1.59 bits per heavy atom. The topological polar surface area (TPSA) is 97.8 Å². The zero-order valence-electron chi connectivity index (χ0n) is 18.2. The van der Waals surface area contributed by atoms with Gasteiger partial charge in [-0.05, 0) is 37.1 Å². The van der Waals surface area contributed by atoms with Gasteiger partial charge in [0.05, 0.1) is 35.9 Å². The number of alkyl halides is 3. The first-order valence-electron chi connectivity index (χ1n) is 10.1. The summed E-state index contributed by atoms with van der Waals surface area (Å²) in [6.07, 6.45) is -3.02. The van der Waals surface area contributed by atoms with E-state index in [1.807, 2.05) is 0 Å². The minimum absolute atomic E-state index is 0.0681. The van der Waals surface area contributed by atoms with E-state index in [-0.39, 0.29) is 33.6 Å². The van der Waals surface area contributed by atoms with Gasteiger partial charge in [0, 0.05) is 30.9 Å². The summed E-state index contributed by atoms with van der Waals surface area (Å²) in [5.41, 5.74) is -0.573. The van der Waals surface area contributed by atoms with Crippen LogP contribution < -0.4 is 10.2 Å². The molecule has 1 aromatic heterocycles. The van der Waals surface area contributed by atoms with E-state index in [4.69, 9.17) is 11.6 Å². The molecule has 1 N–H and O–H groups in total. The standard InChI is InChI=1S/C22H21ClF3N3O5/c1-33-20(31)13-7-14(21(32)34-2)9-16(8-13)28-19(30)12-3-5-29(6-4-12)18-17(23)10-15(11-27-18)22(24,25)26/h7-12H,3-6H2,1-2H3,(H,28,30). The number of benzene rings is 1. The van der Waals surface area contributed by atoms with Gasteiger partial charge in [0.2, 0.25) is 5.91 Å². The molecule has 0 radical (unpaired) electrons. The number of anilines is 2. The van der Waals surface area contributed by atoms with Crippen molar-refractivity contribution in [3.05, 3.63) is 52.2 Å². The highest BCUT2D eigenvalue weighted by Gasteiger charge is 2.33. The van der Waals surface area contributed by atoms with Gasteiger partial charge in [-0.25, -0.2) is 14.6 Å². The van der Waals surface area contributed by atoms with Crippen LogP contribution >= 0.6 is 11.6 Å². The van der Waals surface area contributed by atoms with E-state index in [2.05, 4.69) is 19.8 Å². The van der Waals surface area contributed by atoms with Gasteiger partial charge in [0.25, 0.3) is 0 Å². The minimum atomic E-state index is -4.54. The molecular formula is C22H21ClF3N3O5. The second kappa shape index (κ2) is 10.3. The van der Waals surface area contributed by atoms with Crippen LogP contribution in [0.3, 0.4) is 0 Å². The molecule has 2 aromatic rings. The van der Waals surface area contributed by atoms with Gasteiger partial charge in [-0.3, -0.25) is 4.79 Å². The fourth-order valence-corrected chi connectivity index (χ4v) is 3.87. The van der Waals surface area contributed by atoms with Crippen LogP contribution in [0.25, 0.3) is 0 Å².